The van der Waals surface area contributed by atoms with Crippen LogP contribution in [-0.2, 0) is 13.0 Å². The van der Waals surface area contributed by atoms with Gasteiger partial charge in [0, 0.05) is 24.0 Å². The molecule has 0 aliphatic carbocycles. The Labute approximate surface area is 156 Å². The first-order chi connectivity index (χ1) is 12.7. The van der Waals surface area contributed by atoms with Crippen molar-refractivity contribution in [2.75, 3.05) is 11.9 Å². The van der Waals surface area contributed by atoms with Crippen molar-refractivity contribution < 1.29 is 4.79 Å². The molecule has 1 amide bonds. The predicted molar refractivity (Wildman–Crippen MR) is 101 cm³/mol. The molecule has 6 nitrogen and oxygen atoms in total. The third-order valence-electron chi connectivity index (χ3n) is 3.63. The molecule has 2 aromatic heterocycles. The van der Waals surface area contributed by atoms with E-state index >= 15 is 0 Å². The minimum Gasteiger partial charge on any atom is -0.350 e. The second kappa shape index (κ2) is 8.92. The zero-order valence-electron chi connectivity index (χ0n) is 14.0. The maximum Gasteiger partial charge on any atom is 0.270 e. The highest BCUT2D eigenvalue weighted by Crippen LogP contribution is 2.10. The quantitative estimate of drug-likeness (QED) is 0.670. The highest BCUT2D eigenvalue weighted by molar-refractivity contribution is 6.30. The van der Waals surface area contributed by atoms with E-state index in [2.05, 4.69) is 25.6 Å². The molecule has 132 valence electrons. The van der Waals surface area contributed by atoms with Gasteiger partial charge >= 0.3 is 0 Å². The van der Waals surface area contributed by atoms with E-state index in [0.29, 0.717) is 36.2 Å². The number of rotatable bonds is 7. The van der Waals surface area contributed by atoms with Crippen molar-refractivity contribution in [2.24, 2.45) is 0 Å². The van der Waals surface area contributed by atoms with Gasteiger partial charge in [0.15, 0.2) is 0 Å². The van der Waals surface area contributed by atoms with Gasteiger partial charge in [-0.2, -0.15) is 0 Å². The summed E-state index contributed by atoms with van der Waals surface area (Å²) in [6.45, 7) is 0.987. The van der Waals surface area contributed by atoms with Crippen molar-refractivity contribution in [1.29, 1.82) is 0 Å². The lowest BCUT2D eigenvalue weighted by Crippen LogP contribution is -2.26. The van der Waals surface area contributed by atoms with E-state index < -0.39 is 0 Å². The number of hydrogen-bond acceptors (Lipinski definition) is 5. The van der Waals surface area contributed by atoms with Gasteiger partial charge in [-0.15, -0.1) is 0 Å². The number of carbonyl (C=O) groups excluding carboxylic acids is 1. The fourth-order valence-corrected chi connectivity index (χ4v) is 2.56. The Morgan fingerprint density at radius 3 is 2.77 bits per heavy atom. The van der Waals surface area contributed by atoms with Crippen LogP contribution in [0.5, 0.6) is 0 Å². The third-order valence-corrected chi connectivity index (χ3v) is 3.87. The number of pyridine rings is 1. The standard InChI is InChI=1S/C19H18ClN5O/c20-15-5-3-4-14(12-15)7-10-22-18(26)17-8-11-23-19(25-17)24-13-16-6-1-2-9-21-16/h1-6,8-9,11-12H,7,10,13H2,(H,22,26)(H,23,24,25). The van der Waals surface area contributed by atoms with Gasteiger partial charge in [-0.05, 0) is 42.3 Å². The van der Waals surface area contributed by atoms with Gasteiger partial charge < -0.3 is 10.6 Å². The molecule has 0 atom stereocenters. The van der Waals surface area contributed by atoms with E-state index in [1.54, 1.807) is 18.5 Å². The molecule has 0 saturated heterocycles. The average molecular weight is 368 g/mol. The number of halogens is 1. The first kappa shape index (κ1) is 17.8. The zero-order valence-corrected chi connectivity index (χ0v) is 14.8. The minimum absolute atomic E-state index is 0.240. The van der Waals surface area contributed by atoms with Crippen molar-refractivity contribution >= 4 is 23.5 Å². The van der Waals surface area contributed by atoms with Crippen LogP contribution >= 0.6 is 11.6 Å². The number of aromatic nitrogens is 3. The Bertz CT molecular complexity index is 873. The number of carbonyl (C=O) groups is 1. The van der Waals surface area contributed by atoms with Gasteiger partial charge in [-0.25, -0.2) is 9.97 Å². The lowest BCUT2D eigenvalue weighted by Gasteiger charge is -2.07. The number of anilines is 1. The molecule has 3 rings (SSSR count). The Kier molecular flexibility index (Phi) is 6.11. The molecule has 0 bridgehead atoms. The van der Waals surface area contributed by atoms with Gasteiger partial charge in [0.1, 0.15) is 5.69 Å². The van der Waals surface area contributed by atoms with Crippen molar-refractivity contribution in [3.8, 4) is 0 Å². The summed E-state index contributed by atoms with van der Waals surface area (Å²) in [6, 6.07) is 14.8. The average Bonchev–Trinajstić information content (AvgIpc) is 2.67. The molecule has 2 heterocycles. The van der Waals surface area contributed by atoms with Gasteiger partial charge in [0.2, 0.25) is 5.95 Å². The first-order valence-corrected chi connectivity index (χ1v) is 8.58. The van der Waals surface area contributed by atoms with Crippen LogP contribution in [0.2, 0.25) is 5.02 Å². The fraction of sp³-hybridized carbons (Fsp3) is 0.158. The van der Waals surface area contributed by atoms with Gasteiger partial charge in [0.25, 0.3) is 5.91 Å². The first-order valence-electron chi connectivity index (χ1n) is 8.20. The van der Waals surface area contributed by atoms with Crippen LogP contribution in [0.15, 0.2) is 60.9 Å². The van der Waals surface area contributed by atoms with Crippen LogP contribution in [0, 0.1) is 0 Å². The normalized spacial score (nSPS) is 10.3. The van der Waals surface area contributed by atoms with Crippen LogP contribution in [0.25, 0.3) is 0 Å². The number of amides is 1. The molecule has 0 aliphatic rings. The number of nitrogens with one attached hydrogen (secondary N) is 2. The molecule has 0 radical (unpaired) electrons. The molecular weight excluding hydrogens is 350 g/mol. The predicted octanol–water partition coefficient (Wildman–Crippen LogP) is 3.11. The molecule has 1 aromatic carbocycles. The Morgan fingerprint density at radius 2 is 1.96 bits per heavy atom. The lowest BCUT2D eigenvalue weighted by molar-refractivity contribution is 0.0949. The van der Waals surface area contributed by atoms with Crippen molar-refractivity contribution in [3.05, 3.63) is 82.9 Å². The second-order valence-electron chi connectivity index (χ2n) is 5.58. The van der Waals surface area contributed by atoms with Gasteiger partial charge in [-0.3, -0.25) is 9.78 Å². The molecule has 0 fully saturated rings. The second-order valence-corrected chi connectivity index (χ2v) is 6.01. The molecule has 0 unspecified atom stereocenters. The SMILES string of the molecule is O=C(NCCc1cccc(Cl)c1)c1ccnc(NCc2ccccn2)n1. The summed E-state index contributed by atoms with van der Waals surface area (Å²) in [4.78, 5) is 24.9. The van der Waals surface area contributed by atoms with E-state index in [0.717, 1.165) is 11.3 Å². The maximum absolute atomic E-state index is 12.3. The summed E-state index contributed by atoms with van der Waals surface area (Å²) in [7, 11) is 0. The van der Waals surface area contributed by atoms with Crippen molar-refractivity contribution in [2.45, 2.75) is 13.0 Å². The van der Waals surface area contributed by atoms with Crippen molar-refractivity contribution in [3.63, 3.8) is 0 Å². The molecule has 3 aromatic rings. The van der Waals surface area contributed by atoms with Crippen LogP contribution in [0.1, 0.15) is 21.7 Å². The molecular formula is C19H18ClN5O. The van der Waals surface area contributed by atoms with Crippen molar-refractivity contribution in [1.82, 2.24) is 20.3 Å². The highest BCUT2D eigenvalue weighted by Gasteiger charge is 2.08. The van der Waals surface area contributed by atoms with E-state index in [1.807, 2.05) is 42.5 Å². The number of nitrogens with zero attached hydrogens (tertiary/aromatic N) is 3. The lowest BCUT2D eigenvalue weighted by atomic mass is 10.1. The van der Waals surface area contributed by atoms with Gasteiger partial charge in [0.05, 0.1) is 12.2 Å². The van der Waals surface area contributed by atoms with Crippen LogP contribution in [-0.4, -0.2) is 27.4 Å². The summed E-state index contributed by atoms with van der Waals surface area (Å²) in [5.74, 6) is 0.147. The molecule has 0 saturated carbocycles. The van der Waals surface area contributed by atoms with E-state index in [-0.39, 0.29) is 5.91 Å². The zero-order chi connectivity index (χ0) is 18.2. The summed E-state index contributed by atoms with van der Waals surface area (Å²) in [6.07, 6.45) is 3.98. The molecule has 26 heavy (non-hydrogen) atoms. The monoisotopic (exact) mass is 367 g/mol. The molecule has 2 N–H and O–H groups in total. The Hall–Kier alpha value is -2.99. The summed E-state index contributed by atoms with van der Waals surface area (Å²) < 4.78 is 0. The maximum atomic E-state index is 12.3. The molecule has 0 aliphatic heterocycles. The number of benzene rings is 1. The Balaban J connectivity index is 1.52. The molecule has 0 spiro atoms. The summed E-state index contributed by atoms with van der Waals surface area (Å²) in [5.41, 5.74) is 2.25. The van der Waals surface area contributed by atoms with E-state index in [1.165, 1.54) is 0 Å². The van der Waals surface area contributed by atoms with Gasteiger partial charge in [-0.1, -0.05) is 29.8 Å². The van der Waals surface area contributed by atoms with E-state index in [4.69, 9.17) is 11.6 Å². The van der Waals surface area contributed by atoms with Crippen LogP contribution < -0.4 is 10.6 Å². The molecule has 7 heteroatoms. The third kappa shape index (κ3) is 5.26. The smallest absolute Gasteiger partial charge is 0.270 e. The minimum atomic E-state index is -0.240. The number of hydrogen-bond donors (Lipinski definition) is 2. The topological polar surface area (TPSA) is 79.8 Å². The summed E-state index contributed by atoms with van der Waals surface area (Å²) >= 11 is 5.96. The largest absolute Gasteiger partial charge is 0.350 e. The van der Waals surface area contributed by atoms with Crippen LogP contribution in [0.4, 0.5) is 5.95 Å². The van der Waals surface area contributed by atoms with E-state index in [9.17, 15) is 4.79 Å². The Morgan fingerprint density at radius 1 is 1.04 bits per heavy atom. The summed E-state index contributed by atoms with van der Waals surface area (Å²) in [5, 5.41) is 6.61. The van der Waals surface area contributed by atoms with Crippen LogP contribution in [0.3, 0.4) is 0 Å². The fourth-order valence-electron chi connectivity index (χ4n) is 2.35. The highest BCUT2D eigenvalue weighted by atomic mass is 35.5.